The van der Waals surface area contributed by atoms with Crippen LogP contribution in [0.3, 0.4) is 0 Å². The van der Waals surface area contributed by atoms with Gasteiger partial charge in [0, 0.05) is 5.54 Å². The molecule has 5 unspecified atom stereocenters. The third-order valence-electron chi connectivity index (χ3n) is 9.72. The number of carbonyl (C=O) groups excluding carboxylic acids is 2. The van der Waals surface area contributed by atoms with Gasteiger partial charge >= 0.3 is 5.97 Å². The van der Waals surface area contributed by atoms with Crippen molar-refractivity contribution < 1.29 is 24.2 Å². The molecule has 7 heteroatoms. The third kappa shape index (κ3) is 4.88. The molecule has 1 fully saturated rings. The summed E-state index contributed by atoms with van der Waals surface area (Å²) in [6.07, 6.45) is -1.62. The minimum absolute atomic E-state index is 0.00522. The number of methoxy groups -OCH3 is 1. The summed E-state index contributed by atoms with van der Waals surface area (Å²) in [4.78, 5) is 26.0. The van der Waals surface area contributed by atoms with Crippen molar-refractivity contribution in [1.82, 2.24) is 0 Å². The van der Waals surface area contributed by atoms with Crippen LogP contribution in [0, 0.1) is 5.92 Å². The van der Waals surface area contributed by atoms with Crippen molar-refractivity contribution in [3.05, 3.63) is 0 Å². The van der Waals surface area contributed by atoms with Gasteiger partial charge in [0.05, 0.1) is 29.4 Å². The summed E-state index contributed by atoms with van der Waals surface area (Å²) >= 11 is 0. The summed E-state index contributed by atoms with van der Waals surface area (Å²) in [7, 11) is -3.19. The SMILES string of the molecule is COC(=O)C(C(C)=O)C1OC(O)C([Si](C(C)C)(C(C)C)C(C)C)C1[Si](C(C)C)(C(C)C)C(C)C. The Morgan fingerprint density at radius 1 is 0.706 bits per heavy atom. The van der Waals surface area contributed by atoms with Crippen molar-refractivity contribution in [1.29, 1.82) is 0 Å². The maximum atomic E-state index is 13.0. The first-order chi connectivity index (χ1) is 15.5. The predicted octanol–water partition coefficient (Wildman–Crippen LogP) is 7.18. The first kappa shape index (κ1) is 31.5. The highest BCUT2D eigenvalue weighted by Crippen LogP contribution is 2.67. The minimum atomic E-state index is -2.29. The number of hydrogen-bond donors (Lipinski definition) is 1. The standard InChI is InChI=1S/C27H54O5Si2/c1-15(2)33(16(3)4,17(5)6)24-23(22(21(13)28)26(29)31-14)32-27(30)25(24)34(18(7)8,19(9)10)20(11)12/h15-20,22-25,27,30H,1-14H3. The molecule has 200 valence electrons. The van der Waals surface area contributed by atoms with E-state index in [1.165, 1.54) is 14.0 Å². The van der Waals surface area contributed by atoms with Crippen molar-refractivity contribution in [3.63, 3.8) is 0 Å². The van der Waals surface area contributed by atoms with E-state index in [1.807, 2.05) is 0 Å². The second-order valence-electron chi connectivity index (χ2n) is 12.6. The molecular weight excluding hydrogens is 460 g/mol. The number of aliphatic hydroxyl groups excluding tert-OH is 1. The quantitative estimate of drug-likeness (QED) is 0.180. The lowest BCUT2D eigenvalue weighted by molar-refractivity contribution is -0.160. The fourth-order valence-electron chi connectivity index (χ4n) is 9.12. The number of rotatable bonds is 11. The Labute approximate surface area is 211 Å². The molecule has 5 nitrogen and oxygen atoms in total. The van der Waals surface area contributed by atoms with Crippen molar-refractivity contribution in [2.45, 2.75) is 147 Å². The number of hydrogen-bond acceptors (Lipinski definition) is 5. The smallest absolute Gasteiger partial charge is 0.318 e. The van der Waals surface area contributed by atoms with Crippen LogP contribution in [0.1, 0.15) is 90.0 Å². The van der Waals surface area contributed by atoms with Gasteiger partial charge < -0.3 is 14.6 Å². The zero-order valence-corrected chi connectivity index (χ0v) is 26.4. The first-order valence-electron chi connectivity index (χ1n) is 13.4. The highest BCUT2D eigenvalue weighted by atomic mass is 28.3. The number of aliphatic hydroxyl groups is 1. The monoisotopic (exact) mass is 514 g/mol. The summed E-state index contributed by atoms with van der Waals surface area (Å²) in [5.74, 6) is -1.78. The summed E-state index contributed by atoms with van der Waals surface area (Å²) in [6.45, 7) is 29.2. The molecular formula is C27H54O5Si2. The van der Waals surface area contributed by atoms with Crippen LogP contribution in [-0.4, -0.2) is 52.5 Å². The van der Waals surface area contributed by atoms with E-state index in [1.54, 1.807) is 0 Å². The fourth-order valence-corrected chi connectivity index (χ4v) is 26.5. The maximum absolute atomic E-state index is 13.0. The van der Waals surface area contributed by atoms with Gasteiger partial charge in [-0.15, -0.1) is 0 Å². The largest absolute Gasteiger partial charge is 0.468 e. The number of ketones is 1. The normalized spacial score (nSPS) is 25.3. The molecule has 34 heavy (non-hydrogen) atoms. The molecule has 0 spiro atoms. The Kier molecular flexibility index (Phi) is 10.8. The number of ether oxygens (including phenoxy) is 2. The van der Waals surface area contributed by atoms with Gasteiger partial charge in [0.15, 0.2) is 6.29 Å². The van der Waals surface area contributed by atoms with E-state index in [2.05, 4.69) is 83.1 Å². The summed E-state index contributed by atoms with van der Waals surface area (Å²) in [5, 5.41) is 11.8. The lowest BCUT2D eigenvalue weighted by atomic mass is 9.95. The van der Waals surface area contributed by atoms with E-state index < -0.39 is 40.4 Å². The van der Waals surface area contributed by atoms with E-state index in [9.17, 15) is 14.7 Å². The fraction of sp³-hybridized carbons (Fsp3) is 0.926. The first-order valence-corrected chi connectivity index (χ1v) is 18.0. The van der Waals surface area contributed by atoms with E-state index in [4.69, 9.17) is 9.47 Å². The molecule has 0 aromatic carbocycles. The van der Waals surface area contributed by atoms with Crippen LogP contribution in [0.4, 0.5) is 0 Å². The number of carbonyl (C=O) groups is 2. The van der Waals surface area contributed by atoms with Gasteiger partial charge in [-0.05, 0) is 12.5 Å². The summed E-state index contributed by atoms with van der Waals surface area (Å²) in [6, 6.07) is 0. The van der Waals surface area contributed by atoms with Crippen molar-refractivity contribution >= 4 is 27.9 Å². The molecule has 0 aromatic rings. The van der Waals surface area contributed by atoms with Gasteiger partial charge in [-0.2, -0.15) is 0 Å². The molecule has 0 amide bonds. The predicted molar refractivity (Wildman–Crippen MR) is 147 cm³/mol. The molecule has 0 saturated carbocycles. The van der Waals surface area contributed by atoms with Crippen LogP contribution in [0.2, 0.25) is 44.3 Å². The van der Waals surface area contributed by atoms with Crippen molar-refractivity contribution in [2.24, 2.45) is 5.92 Å². The molecule has 1 aliphatic rings. The lowest BCUT2D eigenvalue weighted by Gasteiger charge is -2.57. The zero-order valence-electron chi connectivity index (χ0n) is 24.4. The Morgan fingerprint density at radius 2 is 1.03 bits per heavy atom. The van der Waals surface area contributed by atoms with E-state index in [0.29, 0.717) is 33.2 Å². The van der Waals surface area contributed by atoms with E-state index in [0.717, 1.165) is 0 Å². The Hall–Kier alpha value is -0.506. The van der Waals surface area contributed by atoms with Crippen LogP contribution >= 0.6 is 0 Å². The Bertz CT molecular complexity index is 658. The third-order valence-corrected chi connectivity index (χ3v) is 25.7. The van der Waals surface area contributed by atoms with Crippen LogP contribution in [0.5, 0.6) is 0 Å². The van der Waals surface area contributed by atoms with Crippen molar-refractivity contribution in [2.75, 3.05) is 7.11 Å². The van der Waals surface area contributed by atoms with Crippen molar-refractivity contribution in [3.8, 4) is 0 Å². The van der Waals surface area contributed by atoms with Gasteiger partial charge in [0.2, 0.25) is 0 Å². The van der Waals surface area contributed by atoms with Crippen LogP contribution < -0.4 is 0 Å². The number of esters is 1. The molecule has 1 aliphatic heterocycles. The molecule has 0 aromatic heterocycles. The maximum Gasteiger partial charge on any atom is 0.318 e. The van der Waals surface area contributed by atoms with Gasteiger partial charge in [-0.3, -0.25) is 9.59 Å². The zero-order chi connectivity index (χ0) is 26.9. The highest BCUT2D eigenvalue weighted by Gasteiger charge is 2.68. The topological polar surface area (TPSA) is 72.8 Å². The Balaban J connectivity index is 4.19. The molecule has 1 N–H and O–H groups in total. The second-order valence-corrected chi connectivity index (χ2v) is 24.8. The summed E-state index contributed by atoms with van der Waals surface area (Å²) in [5.41, 5.74) is 2.43. The molecule has 0 radical (unpaired) electrons. The molecule has 1 rings (SSSR count). The van der Waals surface area contributed by atoms with Crippen LogP contribution in [0.25, 0.3) is 0 Å². The molecule has 1 heterocycles. The molecule has 0 aliphatic carbocycles. The van der Waals surface area contributed by atoms with Gasteiger partial charge in [0.1, 0.15) is 11.7 Å². The van der Waals surface area contributed by atoms with E-state index >= 15 is 0 Å². The van der Waals surface area contributed by atoms with E-state index in [-0.39, 0.29) is 16.9 Å². The molecule has 5 atom stereocenters. The number of Topliss-reactive ketones (excluding diaryl/α,β-unsaturated/α-hetero) is 1. The second kappa shape index (κ2) is 11.7. The Morgan fingerprint density at radius 3 is 1.29 bits per heavy atom. The minimum Gasteiger partial charge on any atom is -0.468 e. The highest BCUT2D eigenvalue weighted by molar-refractivity contribution is 6.90. The summed E-state index contributed by atoms with van der Waals surface area (Å²) < 4.78 is 11.6. The molecule has 0 bridgehead atoms. The van der Waals surface area contributed by atoms with Crippen LogP contribution in [-0.2, 0) is 19.1 Å². The van der Waals surface area contributed by atoms with Gasteiger partial charge in [-0.1, -0.05) is 116 Å². The average molecular weight is 515 g/mol. The van der Waals surface area contributed by atoms with Gasteiger partial charge in [-0.25, -0.2) is 0 Å². The van der Waals surface area contributed by atoms with Crippen LogP contribution in [0.15, 0.2) is 0 Å². The average Bonchev–Trinajstić information content (AvgIpc) is 2.98. The molecule has 1 saturated heterocycles. The lowest BCUT2D eigenvalue weighted by Crippen LogP contribution is -2.60. The van der Waals surface area contributed by atoms with Gasteiger partial charge in [0.25, 0.3) is 0 Å².